The second kappa shape index (κ2) is 5.83. The molecule has 0 aliphatic carbocycles. The molecular formula is C9H14F4N2O2. The Morgan fingerprint density at radius 3 is 2.06 bits per heavy atom. The fraction of sp³-hybridized carbons (Fsp3) is 0.778. The molecule has 0 aromatic carbocycles. The lowest BCUT2D eigenvalue weighted by Gasteiger charge is -2.26. The highest BCUT2D eigenvalue weighted by Gasteiger charge is 2.51. The molecule has 0 aromatic heterocycles. The van der Waals surface area contributed by atoms with Crippen molar-refractivity contribution in [1.82, 2.24) is 4.90 Å². The molecular weight excluding hydrogens is 244 g/mol. The zero-order valence-corrected chi connectivity index (χ0v) is 9.42. The number of rotatable bonds is 6. The molecule has 0 heterocycles. The van der Waals surface area contributed by atoms with Gasteiger partial charge in [-0.05, 0) is 5.92 Å². The SMILES string of the molecule is CC(C)CN(CC(N)=O)C(=O)C(F)(F)C(F)F. The van der Waals surface area contributed by atoms with Crippen molar-refractivity contribution < 1.29 is 27.2 Å². The molecule has 0 rings (SSSR count). The number of carbonyl (C=O) groups is 2. The van der Waals surface area contributed by atoms with Crippen LogP contribution in [0.4, 0.5) is 17.6 Å². The van der Waals surface area contributed by atoms with Gasteiger partial charge in [-0.25, -0.2) is 8.78 Å². The predicted octanol–water partition coefficient (Wildman–Crippen LogP) is 0.857. The maximum atomic E-state index is 12.8. The van der Waals surface area contributed by atoms with Gasteiger partial charge in [0.1, 0.15) is 0 Å². The summed E-state index contributed by atoms with van der Waals surface area (Å²) >= 11 is 0. The van der Waals surface area contributed by atoms with Crippen LogP contribution in [0.15, 0.2) is 0 Å². The van der Waals surface area contributed by atoms with Gasteiger partial charge in [0, 0.05) is 6.54 Å². The largest absolute Gasteiger partial charge is 0.383 e. The van der Waals surface area contributed by atoms with Gasteiger partial charge in [-0.2, -0.15) is 8.78 Å². The van der Waals surface area contributed by atoms with Crippen LogP contribution in [0.25, 0.3) is 0 Å². The second-order valence-electron chi connectivity index (χ2n) is 3.97. The van der Waals surface area contributed by atoms with Gasteiger partial charge >= 0.3 is 12.3 Å². The number of hydrogen-bond acceptors (Lipinski definition) is 2. The first-order valence-electron chi connectivity index (χ1n) is 4.82. The minimum Gasteiger partial charge on any atom is -0.368 e. The van der Waals surface area contributed by atoms with E-state index in [0.717, 1.165) is 0 Å². The summed E-state index contributed by atoms with van der Waals surface area (Å²) in [5, 5.41) is 0. The first kappa shape index (κ1) is 15.7. The maximum absolute atomic E-state index is 12.8. The Bertz CT molecular complexity index is 295. The molecule has 0 aliphatic rings. The highest BCUT2D eigenvalue weighted by atomic mass is 19.3. The first-order valence-corrected chi connectivity index (χ1v) is 4.82. The van der Waals surface area contributed by atoms with Gasteiger partial charge in [-0.15, -0.1) is 0 Å². The summed E-state index contributed by atoms with van der Waals surface area (Å²) in [5.41, 5.74) is 4.76. The van der Waals surface area contributed by atoms with Crippen molar-refractivity contribution in [3.63, 3.8) is 0 Å². The molecule has 0 atom stereocenters. The fourth-order valence-electron chi connectivity index (χ4n) is 1.15. The average molecular weight is 258 g/mol. The predicted molar refractivity (Wildman–Crippen MR) is 51.6 cm³/mol. The van der Waals surface area contributed by atoms with Crippen LogP contribution >= 0.6 is 0 Å². The van der Waals surface area contributed by atoms with Crippen molar-refractivity contribution >= 4 is 11.8 Å². The Balaban J connectivity index is 4.91. The van der Waals surface area contributed by atoms with Gasteiger partial charge in [0.25, 0.3) is 5.91 Å². The number of carbonyl (C=O) groups excluding carboxylic acids is 2. The van der Waals surface area contributed by atoms with Gasteiger partial charge in [0.15, 0.2) is 0 Å². The van der Waals surface area contributed by atoms with Crippen molar-refractivity contribution in [3.8, 4) is 0 Å². The minimum atomic E-state index is -4.80. The zero-order chi connectivity index (χ0) is 13.8. The van der Waals surface area contributed by atoms with E-state index < -0.39 is 30.7 Å². The molecule has 4 nitrogen and oxygen atoms in total. The summed E-state index contributed by atoms with van der Waals surface area (Å²) in [6.45, 7) is 2.12. The zero-order valence-electron chi connectivity index (χ0n) is 9.42. The van der Waals surface area contributed by atoms with E-state index in [1.54, 1.807) is 13.8 Å². The second-order valence-corrected chi connectivity index (χ2v) is 3.97. The number of halogens is 4. The lowest BCUT2D eigenvalue weighted by molar-refractivity contribution is -0.181. The fourth-order valence-corrected chi connectivity index (χ4v) is 1.15. The van der Waals surface area contributed by atoms with Gasteiger partial charge in [0.05, 0.1) is 6.54 Å². The first-order chi connectivity index (χ1) is 7.59. The monoisotopic (exact) mass is 258 g/mol. The summed E-state index contributed by atoms with van der Waals surface area (Å²) in [6.07, 6.45) is -4.11. The Labute approximate surface area is 95.7 Å². The van der Waals surface area contributed by atoms with E-state index in [2.05, 4.69) is 0 Å². The van der Waals surface area contributed by atoms with Crippen molar-refractivity contribution in [1.29, 1.82) is 0 Å². The van der Waals surface area contributed by atoms with Crippen LogP contribution in [0.2, 0.25) is 0 Å². The highest BCUT2D eigenvalue weighted by Crippen LogP contribution is 2.25. The Morgan fingerprint density at radius 1 is 1.29 bits per heavy atom. The third-order valence-corrected chi connectivity index (χ3v) is 1.78. The standard InChI is InChI=1S/C9H14F4N2O2/c1-5(2)3-15(4-6(14)16)8(17)9(12,13)7(10)11/h5,7H,3-4H2,1-2H3,(H2,14,16). The van der Waals surface area contributed by atoms with E-state index in [-0.39, 0.29) is 12.5 Å². The van der Waals surface area contributed by atoms with E-state index in [0.29, 0.717) is 4.90 Å². The molecule has 0 unspecified atom stereocenters. The Morgan fingerprint density at radius 2 is 1.76 bits per heavy atom. The molecule has 0 bridgehead atoms. The van der Waals surface area contributed by atoms with Crippen LogP contribution in [0.1, 0.15) is 13.8 Å². The van der Waals surface area contributed by atoms with E-state index >= 15 is 0 Å². The summed E-state index contributed by atoms with van der Waals surface area (Å²) in [7, 11) is 0. The number of alkyl halides is 4. The molecule has 0 aromatic rings. The van der Waals surface area contributed by atoms with Crippen LogP contribution in [0, 0.1) is 5.92 Å². The molecule has 0 fully saturated rings. The molecule has 0 spiro atoms. The number of primary amides is 1. The lowest BCUT2D eigenvalue weighted by atomic mass is 10.2. The summed E-state index contributed by atoms with van der Waals surface area (Å²) in [5.74, 6) is -8.18. The van der Waals surface area contributed by atoms with Crippen molar-refractivity contribution in [2.75, 3.05) is 13.1 Å². The summed E-state index contributed by atoms with van der Waals surface area (Å²) in [4.78, 5) is 22.1. The molecule has 0 saturated heterocycles. The highest BCUT2D eigenvalue weighted by molar-refractivity contribution is 5.88. The molecule has 8 heteroatoms. The number of hydrogen-bond donors (Lipinski definition) is 1. The van der Waals surface area contributed by atoms with Crippen LogP contribution in [0.5, 0.6) is 0 Å². The van der Waals surface area contributed by atoms with Gasteiger partial charge in [-0.1, -0.05) is 13.8 Å². The molecule has 17 heavy (non-hydrogen) atoms. The maximum Gasteiger partial charge on any atom is 0.383 e. The summed E-state index contributed by atoms with van der Waals surface area (Å²) in [6, 6.07) is 0. The number of nitrogens with two attached hydrogens (primary N) is 1. The topological polar surface area (TPSA) is 63.4 Å². The third kappa shape index (κ3) is 4.58. The van der Waals surface area contributed by atoms with Crippen molar-refractivity contribution in [2.45, 2.75) is 26.2 Å². The van der Waals surface area contributed by atoms with E-state index in [1.807, 2.05) is 0 Å². The Hall–Kier alpha value is -1.34. The van der Waals surface area contributed by atoms with Crippen LogP contribution < -0.4 is 5.73 Å². The van der Waals surface area contributed by atoms with Crippen molar-refractivity contribution in [2.24, 2.45) is 11.7 Å². The lowest BCUT2D eigenvalue weighted by Crippen LogP contribution is -2.51. The third-order valence-electron chi connectivity index (χ3n) is 1.78. The van der Waals surface area contributed by atoms with E-state index in [1.165, 1.54) is 0 Å². The van der Waals surface area contributed by atoms with Crippen LogP contribution in [-0.2, 0) is 9.59 Å². The van der Waals surface area contributed by atoms with E-state index in [9.17, 15) is 27.2 Å². The van der Waals surface area contributed by atoms with Gasteiger partial charge in [-0.3, -0.25) is 9.59 Å². The normalized spacial score (nSPS) is 12.0. The summed E-state index contributed by atoms with van der Waals surface area (Å²) < 4.78 is 49.6. The minimum absolute atomic E-state index is 0.246. The van der Waals surface area contributed by atoms with Gasteiger partial charge < -0.3 is 10.6 Å². The Kier molecular flexibility index (Phi) is 5.37. The number of amides is 2. The molecule has 2 amide bonds. The quantitative estimate of drug-likeness (QED) is 0.718. The van der Waals surface area contributed by atoms with Crippen LogP contribution in [0.3, 0.4) is 0 Å². The molecule has 2 N–H and O–H groups in total. The van der Waals surface area contributed by atoms with Gasteiger partial charge in [0.2, 0.25) is 5.91 Å². The average Bonchev–Trinajstić information content (AvgIpc) is 2.13. The number of nitrogens with zero attached hydrogens (tertiary/aromatic N) is 1. The van der Waals surface area contributed by atoms with Crippen LogP contribution in [-0.4, -0.2) is 42.2 Å². The molecule has 0 radical (unpaired) electrons. The van der Waals surface area contributed by atoms with Crippen molar-refractivity contribution in [3.05, 3.63) is 0 Å². The molecule has 100 valence electrons. The molecule has 0 saturated carbocycles. The van der Waals surface area contributed by atoms with E-state index in [4.69, 9.17) is 5.73 Å². The molecule has 0 aliphatic heterocycles. The smallest absolute Gasteiger partial charge is 0.368 e.